The van der Waals surface area contributed by atoms with E-state index in [0.717, 1.165) is 6.07 Å². The van der Waals surface area contributed by atoms with Gasteiger partial charge in [-0.25, -0.2) is 9.18 Å². The van der Waals surface area contributed by atoms with E-state index < -0.39 is 17.8 Å². The number of nitrogens with two attached hydrogens (primary N) is 1. The summed E-state index contributed by atoms with van der Waals surface area (Å²) in [5.74, 6) is -1.63. The van der Waals surface area contributed by atoms with Crippen molar-refractivity contribution in [3.8, 4) is 0 Å². The van der Waals surface area contributed by atoms with Gasteiger partial charge in [0, 0.05) is 12.2 Å². The lowest BCUT2D eigenvalue weighted by atomic mass is 10.2. The Morgan fingerprint density at radius 2 is 2.33 bits per heavy atom. The van der Waals surface area contributed by atoms with Gasteiger partial charge < -0.3 is 16.2 Å². The minimum atomic E-state index is -1.07. The zero-order valence-corrected chi connectivity index (χ0v) is 8.46. The number of hydrogen-bond acceptors (Lipinski definition) is 3. The number of hydrogen-bond donors (Lipinski definition) is 3. The first kappa shape index (κ1) is 11.7. The minimum absolute atomic E-state index is 0.0651. The van der Waals surface area contributed by atoms with Crippen LogP contribution in [0, 0.1) is 5.82 Å². The second kappa shape index (κ2) is 4.95. The average molecular weight is 233 g/mol. The number of halogens is 2. The molecule has 1 unspecified atom stereocenters. The van der Waals surface area contributed by atoms with Crippen molar-refractivity contribution in [1.82, 2.24) is 0 Å². The Kier molecular flexibility index (Phi) is 3.88. The van der Waals surface area contributed by atoms with Crippen LogP contribution in [0.2, 0.25) is 5.02 Å². The highest BCUT2D eigenvalue weighted by atomic mass is 35.5. The van der Waals surface area contributed by atoms with Crippen LogP contribution in [0.1, 0.15) is 0 Å². The summed E-state index contributed by atoms with van der Waals surface area (Å²) in [5.41, 5.74) is 5.66. The molecule has 0 saturated heterocycles. The molecule has 0 aliphatic rings. The molecule has 0 radical (unpaired) electrons. The number of rotatable bonds is 4. The highest BCUT2D eigenvalue weighted by Crippen LogP contribution is 2.19. The van der Waals surface area contributed by atoms with Crippen molar-refractivity contribution in [3.05, 3.63) is 29.0 Å². The maximum absolute atomic E-state index is 12.8. The lowest BCUT2D eigenvalue weighted by molar-refractivity contribution is -0.137. The number of carboxylic acid groups (broad SMARTS) is 1. The van der Waals surface area contributed by atoms with Crippen LogP contribution in [0.25, 0.3) is 0 Å². The van der Waals surface area contributed by atoms with Crippen LogP contribution in [0.3, 0.4) is 0 Å². The van der Waals surface area contributed by atoms with Gasteiger partial charge in [-0.1, -0.05) is 11.6 Å². The van der Waals surface area contributed by atoms with Crippen LogP contribution in [-0.2, 0) is 4.79 Å². The number of nitrogens with one attached hydrogen (secondary N) is 1. The molecule has 1 aromatic rings. The minimum Gasteiger partial charge on any atom is -0.480 e. The molecule has 82 valence electrons. The maximum Gasteiger partial charge on any atom is 0.327 e. The molecule has 6 heteroatoms. The molecule has 1 aromatic carbocycles. The molecule has 0 heterocycles. The summed E-state index contributed by atoms with van der Waals surface area (Å²) in [6.45, 7) is -0.0651. The second-order valence-corrected chi connectivity index (χ2v) is 3.31. The van der Waals surface area contributed by atoms with Gasteiger partial charge in [-0.3, -0.25) is 0 Å². The molecule has 15 heavy (non-hydrogen) atoms. The zero-order chi connectivity index (χ0) is 11.4. The van der Waals surface area contributed by atoms with Crippen molar-refractivity contribution in [2.75, 3.05) is 11.9 Å². The van der Waals surface area contributed by atoms with Crippen molar-refractivity contribution in [2.45, 2.75) is 6.04 Å². The first-order chi connectivity index (χ1) is 7.04. The maximum atomic E-state index is 12.8. The Morgan fingerprint density at radius 1 is 1.67 bits per heavy atom. The fourth-order valence-corrected chi connectivity index (χ4v) is 1.19. The summed E-state index contributed by atoms with van der Waals surface area (Å²) in [5, 5.41) is 11.3. The van der Waals surface area contributed by atoms with Crippen molar-refractivity contribution >= 4 is 23.3 Å². The van der Waals surface area contributed by atoms with Crippen molar-refractivity contribution < 1.29 is 14.3 Å². The fraction of sp³-hybridized carbons (Fsp3) is 0.222. The van der Waals surface area contributed by atoms with Crippen LogP contribution in [-0.4, -0.2) is 23.7 Å². The van der Waals surface area contributed by atoms with Crippen molar-refractivity contribution in [3.63, 3.8) is 0 Å². The summed E-state index contributed by atoms with van der Waals surface area (Å²) in [4.78, 5) is 10.6. The lowest BCUT2D eigenvalue weighted by Crippen LogP contribution is -2.36. The predicted octanol–water partition coefficient (Wildman–Crippen LogP) is 1.30. The molecule has 4 nitrogen and oxygen atoms in total. The molecule has 0 spiro atoms. The molecule has 1 rings (SSSR count). The summed E-state index contributed by atoms with van der Waals surface area (Å²) in [7, 11) is 0. The van der Waals surface area contributed by atoms with Gasteiger partial charge in [0.25, 0.3) is 0 Å². The quantitative estimate of drug-likeness (QED) is 0.732. The van der Waals surface area contributed by atoms with Gasteiger partial charge in [-0.05, 0) is 18.2 Å². The molecule has 0 amide bonds. The van der Waals surface area contributed by atoms with Gasteiger partial charge in [-0.2, -0.15) is 0 Å². The number of carboxylic acids is 1. The van der Waals surface area contributed by atoms with E-state index in [-0.39, 0.29) is 11.6 Å². The van der Waals surface area contributed by atoms with E-state index >= 15 is 0 Å². The molecule has 0 saturated carbocycles. The van der Waals surface area contributed by atoms with Crippen LogP contribution >= 0.6 is 11.6 Å². The Hall–Kier alpha value is -1.33. The molecular weight excluding hydrogens is 223 g/mol. The molecule has 0 aliphatic heterocycles. The van der Waals surface area contributed by atoms with Gasteiger partial charge >= 0.3 is 5.97 Å². The number of aliphatic carboxylic acids is 1. The molecule has 4 N–H and O–H groups in total. The first-order valence-electron chi connectivity index (χ1n) is 4.19. The highest BCUT2D eigenvalue weighted by molar-refractivity contribution is 6.31. The Balaban J connectivity index is 2.80. The molecule has 0 bridgehead atoms. The number of carbonyl (C=O) groups is 1. The van der Waals surface area contributed by atoms with Gasteiger partial charge in [0.05, 0.1) is 5.02 Å². The van der Waals surface area contributed by atoms with Crippen molar-refractivity contribution in [1.29, 1.82) is 0 Å². The lowest BCUT2D eigenvalue weighted by Gasteiger charge is -2.13. The van der Waals surface area contributed by atoms with Crippen LogP contribution in [0.15, 0.2) is 18.2 Å². The third kappa shape index (κ3) is 3.07. The standard InChI is InChI=1S/C9H10ClFN2O2/c10-6-3-5(1-2-7(6)11)13-8(4-12)9(14)15/h1-3,8,13H,4,12H2,(H,14,15). The van der Waals surface area contributed by atoms with E-state index in [9.17, 15) is 9.18 Å². The van der Waals surface area contributed by atoms with E-state index in [4.69, 9.17) is 22.4 Å². The second-order valence-electron chi connectivity index (χ2n) is 2.90. The topological polar surface area (TPSA) is 75.3 Å². The predicted molar refractivity (Wildman–Crippen MR) is 55.5 cm³/mol. The highest BCUT2D eigenvalue weighted by Gasteiger charge is 2.15. The van der Waals surface area contributed by atoms with E-state index in [2.05, 4.69) is 5.32 Å². The molecule has 0 aromatic heterocycles. The zero-order valence-electron chi connectivity index (χ0n) is 7.71. The van der Waals surface area contributed by atoms with E-state index in [1.165, 1.54) is 12.1 Å². The number of anilines is 1. The summed E-state index contributed by atoms with van der Waals surface area (Å²) in [6, 6.07) is 2.95. The van der Waals surface area contributed by atoms with E-state index in [1.807, 2.05) is 0 Å². The SMILES string of the molecule is NCC(Nc1ccc(F)c(Cl)c1)C(=O)O. The Labute approximate surface area is 90.8 Å². The van der Waals surface area contributed by atoms with Crippen molar-refractivity contribution in [2.24, 2.45) is 5.73 Å². The molecule has 1 atom stereocenters. The van der Waals surface area contributed by atoms with Gasteiger partial charge in [-0.15, -0.1) is 0 Å². The third-order valence-electron chi connectivity index (χ3n) is 1.79. The largest absolute Gasteiger partial charge is 0.480 e. The normalized spacial score (nSPS) is 12.2. The van der Waals surface area contributed by atoms with E-state index in [0.29, 0.717) is 5.69 Å². The summed E-state index contributed by atoms with van der Waals surface area (Å²) < 4.78 is 12.8. The Morgan fingerprint density at radius 3 is 2.80 bits per heavy atom. The Bertz CT molecular complexity index is 373. The van der Waals surface area contributed by atoms with Gasteiger partial charge in [0.1, 0.15) is 11.9 Å². The summed E-state index contributed by atoms with van der Waals surface area (Å²) >= 11 is 5.53. The number of benzene rings is 1. The molecule has 0 fully saturated rings. The van der Waals surface area contributed by atoms with Gasteiger partial charge in [0.2, 0.25) is 0 Å². The molecule has 0 aliphatic carbocycles. The van der Waals surface area contributed by atoms with Crippen LogP contribution < -0.4 is 11.1 Å². The smallest absolute Gasteiger partial charge is 0.327 e. The first-order valence-corrected chi connectivity index (χ1v) is 4.57. The van der Waals surface area contributed by atoms with Crippen LogP contribution in [0.4, 0.5) is 10.1 Å². The monoisotopic (exact) mass is 232 g/mol. The van der Waals surface area contributed by atoms with E-state index in [1.54, 1.807) is 0 Å². The average Bonchev–Trinajstić information content (AvgIpc) is 2.19. The van der Waals surface area contributed by atoms with Crippen LogP contribution in [0.5, 0.6) is 0 Å². The summed E-state index contributed by atoms with van der Waals surface area (Å²) in [6.07, 6.45) is 0. The third-order valence-corrected chi connectivity index (χ3v) is 2.08. The molecular formula is C9H10ClFN2O2. The van der Waals surface area contributed by atoms with Gasteiger partial charge in [0.15, 0.2) is 0 Å². The fourth-order valence-electron chi connectivity index (χ4n) is 1.01.